The molecule has 0 fully saturated rings. The van der Waals surface area contributed by atoms with Gasteiger partial charge in [-0.05, 0) is 49.7 Å². The van der Waals surface area contributed by atoms with Crippen molar-refractivity contribution in [1.82, 2.24) is 13.9 Å². The van der Waals surface area contributed by atoms with E-state index in [2.05, 4.69) is 33.5 Å². The predicted octanol–water partition coefficient (Wildman–Crippen LogP) is 3.06. The van der Waals surface area contributed by atoms with Crippen molar-refractivity contribution in [2.45, 2.75) is 52.0 Å². The van der Waals surface area contributed by atoms with Crippen LogP contribution in [-0.4, -0.2) is 22.2 Å². The van der Waals surface area contributed by atoms with E-state index in [0.717, 1.165) is 12.2 Å². The monoisotopic (exact) mass is 371 g/mol. The molecule has 1 aliphatic carbocycles. The summed E-state index contributed by atoms with van der Waals surface area (Å²) in [6, 6.07) is 8.69. The molecule has 2 atom stereocenters. The van der Waals surface area contributed by atoms with Crippen LogP contribution in [0.2, 0.25) is 19.6 Å². The highest BCUT2D eigenvalue weighted by atomic mass is 28.4. The Labute approximate surface area is 153 Å². The second-order valence-electron chi connectivity index (χ2n) is 8.87. The SMILES string of the molecule is CC1(C)CC2C=C(O[Si](C)(C)C)C1n1c(=O)n(-c3ccccc3)c(=O)n12. The molecule has 7 heteroatoms. The summed E-state index contributed by atoms with van der Waals surface area (Å²) in [5, 5.41) is 0. The fourth-order valence-electron chi connectivity index (χ4n) is 4.23. The molecule has 6 nitrogen and oxygen atoms in total. The lowest BCUT2D eigenvalue weighted by molar-refractivity contribution is 0.0621. The quantitative estimate of drug-likeness (QED) is 0.779. The molecule has 1 aromatic carbocycles. The summed E-state index contributed by atoms with van der Waals surface area (Å²) in [7, 11) is -1.83. The standard InChI is InChI=1S/C19H25N3O3Si/c1-19(2)12-14-11-15(25-26(3,4)5)16(19)22-18(24)20(17(23)21(14)22)13-9-7-6-8-10-13/h6-11,14,16H,12H2,1-5H3. The molecular weight excluding hydrogens is 346 g/mol. The number of rotatable bonds is 3. The molecule has 0 spiro atoms. The number of para-hydroxylation sites is 1. The second-order valence-corrected chi connectivity index (χ2v) is 13.3. The van der Waals surface area contributed by atoms with Gasteiger partial charge in [0.1, 0.15) is 11.8 Å². The van der Waals surface area contributed by atoms with Gasteiger partial charge in [0.05, 0.1) is 11.7 Å². The summed E-state index contributed by atoms with van der Waals surface area (Å²) in [6.07, 6.45) is 2.86. The van der Waals surface area contributed by atoms with Crippen molar-refractivity contribution in [2.24, 2.45) is 5.41 Å². The highest BCUT2D eigenvalue weighted by Crippen LogP contribution is 2.51. The highest BCUT2D eigenvalue weighted by molar-refractivity contribution is 6.70. The second kappa shape index (κ2) is 5.36. The molecule has 3 heterocycles. The average molecular weight is 372 g/mol. The van der Waals surface area contributed by atoms with E-state index in [-0.39, 0.29) is 28.9 Å². The van der Waals surface area contributed by atoms with Crippen molar-refractivity contribution in [1.29, 1.82) is 0 Å². The van der Waals surface area contributed by atoms with Gasteiger partial charge in [-0.1, -0.05) is 32.0 Å². The molecule has 0 saturated carbocycles. The Balaban J connectivity index is 1.94. The molecule has 138 valence electrons. The number of benzene rings is 1. The summed E-state index contributed by atoms with van der Waals surface area (Å²) in [6.45, 7) is 10.7. The lowest BCUT2D eigenvalue weighted by atomic mass is 9.72. The van der Waals surface area contributed by atoms with E-state index in [1.54, 1.807) is 21.5 Å². The van der Waals surface area contributed by atoms with Gasteiger partial charge in [0.15, 0.2) is 0 Å². The van der Waals surface area contributed by atoms with Crippen LogP contribution >= 0.6 is 0 Å². The third-order valence-electron chi connectivity index (χ3n) is 5.11. The normalized spacial score (nSPS) is 23.5. The van der Waals surface area contributed by atoms with Gasteiger partial charge in [-0.15, -0.1) is 0 Å². The van der Waals surface area contributed by atoms with Crippen molar-refractivity contribution in [3.63, 3.8) is 0 Å². The molecule has 0 saturated heterocycles. The van der Waals surface area contributed by atoms with E-state index in [4.69, 9.17) is 4.43 Å². The molecule has 1 aromatic heterocycles. The van der Waals surface area contributed by atoms with E-state index in [1.165, 1.54) is 4.57 Å². The molecule has 2 unspecified atom stereocenters. The summed E-state index contributed by atoms with van der Waals surface area (Å²) < 4.78 is 10.8. The molecule has 3 aliphatic rings. The first-order valence-corrected chi connectivity index (χ1v) is 12.4. The number of fused-ring (bicyclic) bond motifs is 1. The van der Waals surface area contributed by atoms with Crippen LogP contribution < -0.4 is 11.4 Å². The minimum absolute atomic E-state index is 0.159. The molecule has 0 amide bonds. The van der Waals surface area contributed by atoms with Gasteiger partial charge in [-0.3, -0.25) is 0 Å². The summed E-state index contributed by atoms with van der Waals surface area (Å²) >= 11 is 0. The first kappa shape index (κ1) is 17.1. The van der Waals surface area contributed by atoms with Gasteiger partial charge < -0.3 is 4.43 Å². The lowest BCUT2D eigenvalue weighted by Crippen LogP contribution is -2.50. The fourth-order valence-corrected chi connectivity index (χ4v) is 5.12. The zero-order chi connectivity index (χ0) is 18.9. The Morgan fingerprint density at radius 2 is 1.65 bits per heavy atom. The minimum atomic E-state index is -1.83. The summed E-state index contributed by atoms with van der Waals surface area (Å²) in [4.78, 5) is 26.3. The van der Waals surface area contributed by atoms with E-state index >= 15 is 0 Å². The molecule has 2 aromatic rings. The number of aromatic nitrogens is 3. The fraction of sp³-hybridized carbons (Fsp3) is 0.474. The van der Waals surface area contributed by atoms with Crippen LogP contribution in [0.1, 0.15) is 32.4 Å². The van der Waals surface area contributed by atoms with Gasteiger partial charge in [-0.25, -0.2) is 23.5 Å². The Morgan fingerprint density at radius 3 is 2.27 bits per heavy atom. The molecule has 26 heavy (non-hydrogen) atoms. The summed E-state index contributed by atoms with van der Waals surface area (Å²) in [5.41, 5.74) is -0.140. The van der Waals surface area contributed by atoms with Crippen molar-refractivity contribution in [3.8, 4) is 5.69 Å². The van der Waals surface area contributed by atoms with Crippen molar-refractivity contribution >= 4 is 8.32 Å². The molecule has 5 rings (SSSR count). The maximum atomic E-state index is 13.3. The van der Waals surface area contributed by atoms with Crippen LogP contribution in [-0.2, 0) is 4.43 Å². The molecule has 0 radical (unpaired) electrons. The van der Waals surface area contributed by atoms with Gasteiger partial charge in [0.25, 0.3) is 0 Å². The highest BCUT2D eigenvalue weighted by Gasteiger charge is 2.50. The van der Waals surface area contributed by atoms with Crippen molar-refractivity contribution in [2.75, 3.05) is 0 Å². The Morgan fingerprint density at radius 1 is 1.04 bits per heavy atom. The molecule has 0 N–H and O–H groups in total. The number of nitrogens with zero attached hydrogens (tertiary/aromatic N) is 3. The Hall–Kier alpha value is -2.28. The summed E-state index contributed by atoms with van der Waals surface area (Å²) in [5.74, 6) is 0.845. The van der Waals surface area contributed by atoms with Crippen molar-refractivity contribution in [3.05, 3.63) is 63.1 Å². The predicted molar refractivity (Wildman–Crippen MR) is 103 cm³/mol. The zero-order valence-electron chi connectivity index (χ0n) is 15.9. The number of hydrogen-bond donors (Lipinski definition) is 0. The maximum absolute atomic E-state index is 13.3. The van der Waals surface area contributed by atoms with Gasteiger partial charge in [-0.2, -0.15) is 0 Å². The zero-order valence-corrected chi connectivity index (χ0v) is 16.9. The van der Waals surface area contributed by atoms with Crippen LogP contribution in [0.5, 0.6) is 0 Å². The Bertz CT molecular complexity index is 1010. The van der Waals surface area contributed by atoms with Crippen LogP contribution in [0.3, 0.4) is 0 Å². The van der Waals surface area contributed by atoms with Crippen LogP contribution in [0.25, 0.3) is 5.69 Å². The first-order chi connectivity index (χ1) is 12.1. The van der Waals surface area contributed by atoms with Gasteiger partial charge in [0.2, 0.25) is 8.32 Å². The largest absolute Gasteiger partial charge is 0.546 e. The van der Waals surface area contributed by atoms with Crippen LogP contribution in [0.15, 0.2) is 51.8 Å². The minimum Gasteiger partial charge on any atom is -0.546 e. The molecular formula is C19H25N3O3Si. The third-order valence-corrected chi connectivity index (χ3v) is 5.95. The van der Waals surface area contributed by atoms with Crippen LogP contribution in [0, 0.1) is 5.41 Å². The topological polar surface area (TPSA) is 58.2 Å². The van der Waals surface area contributed by atoms with Gasteiger partial charge in [0, 0.05) is 0 Å². The lowest BCUT2D eigenvalue weighted by Gasteiger charge is -2.48. The van der Waals surface area contributed by atoms with Crippen LogP contribution in [0.4, 0.5) is 0 Å². The number of allylic oxidation sites excluding steroid dienone is 2. The van der Waals surface area contributed by atoms with E-state index in [1.807, 2.05) is 24.3 Å². The van der Waals surface area contributed by atoms with E-state index < -0.39 is 8.32 Å². The average Bonchev–Trinajstić information content (AvgIpc) is 2.78. The number of hydrogen-bond acceptors (Lipinski definition) is 3. The Kier molecular flexibility index (Phi) is 3.53. The van der Waals surface area contributed by atoms with Crippen molar-refractivity contribution < 1.29 is 4.43 Å². The molecule has 2 bridgehead atoms. The first-order valence-electron chi connectivity index (χ1n) is 9.02. The smallest absolute Gasteiger partial charge is 0.352 e. The van der Waals surface area contributed by atoms with E-state index in [9.17, 15) is 9.59 Å². The van der Waals surface area contributed by atoms with E-state index in [0.29, 0.717) is 5.69 Å². The molecule has 2 aliphatic heterocycles. The van der Waals surface area contributed by atoms with Gasteiger partial charge >= 0.3 is 11.4 Å². The maximum Gasteiger partial charge on any atom is 0.352 e. The third kappa shape index (κ3) is 2.45.